The van der Waals surface area contributed by atoms with Crippen molar-refractivity contribution in [3.8, 4) is 5.75 Å². The van der Waals surface area contributed by atoms with Gasteiger partial charge in [0.15, 0.2) is 0 Å². The first kappa shape index (κ1) is 24.6. The molecule has 1 aliphatic rings. The lowest BCUT2D eigenvalue weighted by Gasteiger charge is -2.34. The number of aromatic nitrogens is 1. The molecule has 0 unspecified atom stereocenters. The molecular formula is C22H24ClF3N4O3. The third kappa shape index (κ3) is 6.28. The van der Waals surface area contributed by atoms with Crippen LogP contribution in [0, 0.1) is 5.92 Å². The van der Waals surface area contributed by atoms with Gasteiger partial charge in [0, 0.05) is 44.0 Å². The number of carbonyl (C=O) groups excluding carboxylic acids is 2. The summed E-state index contributed by atoms with van der Waals surface area (Å²) in [7, 11) is 3.09. The van der Waals surface area contributed by atoms with E-state index in [1.165, 1.54) is 12.0 Å². The molecule has 0 atom stereocenters. The van der Waals surface area contributed by atoms with E-state index in [0.29, 0.717) is 37.4 Å². The van der Waals surface area contributed by atoms with Crippen molar-refractivity contribution in [3.63, 3.8) is 0 Å². The van der Waals surface area contributed by atoms with Crippen LogP contribution < -0.4 is 15.0 Å². The topological polar surface area (TPSA) is 74.8 Å². The smallest absolute Gasteiger partial charge is 0.417 e. The van der Waals surface area contributed by atoms with E-state index in [-0.39, 0.29) is 35.1 Å². The number of ether oxygens (including phenoxy) is 1. The van der Waals surface area contributed by atoms with Gasteiger partial charge in [-0.2, -0.15) is 13.2 Å². The molecular weight excluding hydrogens is 461 g/mol. The number of piperidine rings is 1. The van der Waals surface area contributed by atoms with E-state index >= 15 is 0 Å². The minimum Gasteiger partial charge on any atom is -0.497 e. The molecule has 2 aromatic rings. The van der Waals surface area contributed by atoms with Crippen LogP contribution >= 0.6 is 11.6 Å². The fourth-order valence-corrected chi connectivity index (χ4v) is 3.95. The van der Waals surface area contributed by atoms with Gasteiger partial charge in [-0.3, -0.25) is 9.59 Å². The monoisotopic (exact) mass is 484 g/mol. The van der Waals surface area contributed by atoms with E-state index in [1.807, 2.05) is 0 Å². The number of pyridine rings is 1. The van der Waals surface area contributed by atoms with Crippen LogP contribution in [0.3, 0.4) is 0 Å². The number of halogens is 4. The second kappa shape index (κ2) is 10.3. The number of nitrogens with one attached hydrogen (secondary N) is 1. The van der Waals surface area contributed by atoms with E-state index in [4.69, 9.17) is 16.3 Å². The zero-order valence-corrected chi connectivity index (χ0v) is 18.9. The molecule has 0 spiro atoms. The number of alkyl halides is 3. The normalized spacial score (nSPS) is 14.7. The summed E-state index contributed by atoms with van der Waals surface area (Å²) in [4.78, 5) is 32.1. The Morgan fingerprint density at radius 3 is 2.58 bits per heavy atom. The summed E-state index contributed by atoms with van der Waals surface area (Å²) >= 11 is 6.03. The molecule has 1 fully saturated rings. The number of anilines is 2. The van der Waals surface area contributed by atoms with Gasteiger partial charge in [0.25, 0.3) is 0 Å². The predicted octanol–water partition coefficient (Wildman–Crippen LogP) is 4.08. The van der Waals surface area contributed by atoms with Crippen LogP contribution in [-0.4, -0.2) is 55.5 Å². The fraction of sp³-hybridized carbons (Fsp3) is 0.409. The summed E-state index contributed by atoms with van der Waals surface area (Å²) < 4.78 is 43.6. The summed E-state index contributed by atoms with van der Waals surface area (Å²) in [6.45, 7) is 0.721. The van der Waals surface area contributed by atoms with Crippen LogP contribution in [0.25, 0.3) is 0 Å². The van der Waals surface area contributed by atoms with Gasteiger partial charge < -0.3 is 19.9 Å². The van der Waals surface area contributed by atoms with Gasteiger partial charge in [0.2, 0.25) is 11.8 Å². The molecule has 1 aromatic carbocycles. The van der Waals surface area contributed by atoms with Crippen molar-refractivity contribution in [2.24, 2.45) is 5.92 Å². The third-order valence-corrected chi connectivity index (χ3v) is 5.68. The van der Waals surface area contributed by atoms with Crippen molar-refractivity contribution in [1.29, 1.82) is 0 Å². The number of benzene rings is 1. The molecule has 2 amide bonds. The van der Waals surface area contributed by atoms with Crippen LogP contribution in [0.15, 0.2) is 36.5 Å². The van der Waals surface area contributed by atoms with Gasteiger partial charge in [-0.25, -0.2) is 4.98 Å². The molecule has 33 heavy (non-hydrogen) atoms. The zero-order valence-electron chi connectivity index (χ0n) is 18.2. The lowest BCUT2D eigenvalue weighted by atomic mass is 9.95. The van der Waals surface area contributed by atoms with Gasteiger partial charge in [0.05, 0.1) is 24.2 Å². The van der Waals surface area contributed by atoms with Gasteiger partial charge in [-0.1, -0.05) is 17.7 Å². The number of nitrogens with zero attached hydrogens (tertiary/aromatic N) is 3. The maximum atomic E-state index is 12.8. The first-order chi connectivity index (χ1) is 15.6. The molecule has 178 valence electrons. The Kier molecular flexibility index (Phi) is 7.68. The molecule has 3 rings (SSSR count). The molecule has 11 heteroatoms. The molecule has 0 radical (unpaired) electrons. The summed E-state index contributed by atoms with van der Waals surface area (Å²) in [5.74, 6) is 0.0662. The Balaban J connectivity index is 1.52. The van der Waals surface area contributed by atoms with Crippen LogP contribution in [0.2, 0.25) is 5.02 Å². The highest BCUT2D eigenvalue weighted by molar-refractivity contribution is 6.33. The predicted molar refractivity (Wildman–Crippen MR) is 118 cm³/mol. The van der Waals surface area contributed by atoms with Crippen LogP contribution in [0.4, 0.5) is 24.7 Å². The number of hydrogen-bond donors (Lipinski definition) is 1. The number of amides is 2. The maximum Gasteiger partial charge on any atom is 0.417 e. The molecule has 0 bridgehead atoms. The number of carbonyl (C=O) groups is 2. The van der Waals surface area contributed by atoms with Gasteiger partial charge in [-0.05, 0) is 31.0 Å². The standard InChI is InChI=1S/C22H24ClF3N4O3/c1-29(13-19(31)28-16-4-3-5-17(11-16)33-2)21(32)14-6-8-30(9-7-14)20-18(23)10-15(12-27-20)22(24,25)26/h3-5,10-12,14H,6-9,13H2,1-2H3,(H,28,31). The first-order valence-corrected chi connectivity index (χ1v) is 10.6. The Labute approximate surface area is 194 Å². The van der Waals surface area contributed by atoms with E-state index in [1.54, 1.807) is 36.2 Å². The Hall–Kier alpha value is -3.01. The highest BCUT2D eigenvalue weighted by Crippen LogP contribution is 2.34. The lowest BCUT2D eigenvalue weighted by Crippen LogP contribution is -2.43. The second-order valence-corrected chi connectivity index (χ2v) is 8.17. The second-order valence-electron chi connectivity index (χ2n) is 7.76. The lowest BCUT2D eigenvalue weighted by molar-refractivity contribution is -0.138. The molecule has 1 N–H and O–H groups in total. The SMILES string of the molecule is COc1cccc(NC(=O)CN(C)C(=O)C2CCN(c3ncc(C(F)(F)F)cc3Cl)CC2)c1. The average molecular weight is 485 g/mol. The van der Waals surface area contributed by atoms with Gasteiger partial charge in [0.1, 0.15) is 11.6 Å². The largest absolute Gasteiger partial charge is 0.497 e. The molecule has 1 saturated heterocycles. The fourth-order valence-electron chi connectivity index (χ4n) is 3.66. The molecule has 2 heterocycles. The number of methoxy groups -OCH3 is 1. The molecule has 1 aromatic heterocycles. The van der Waals surface area contributed by atoms with E-state index in [0.717, 1.165) is 12.3 Å². The minimum absolute atomic E-state index is 0.0825. The quantitative estimate of drug-likeness (QED) is 0.669. The average Bonchev–Trinajstić information content (AvgIpc) is 2.78. The maximum absolute atomic E-state index is 12.8. The third-order valence-electron chi connectivity index (χ3n) is 5.40. The van der Waals surface area contributed by atoms with Crippen molar-refractivity contribution in [2.75, 3.05) is 44.0 Å². The van der Waals surface area contributed by atoms with Crippen molar-refractivity contribution >= 4 is 34.9 Å². The summed E-state index contributed by atoms with van der Waals surface area (Å²) in [5.41, 5.74) is -0.343. The molecule has 1 aliphatic heterocycles. The van der Waals surface area contributed by atoms with Crippen LogP contribution in [-0.2, 0) is 15.8 Å². The minimum atomic E-state index is -4.52. The zero-order chi connectivity index (χ0) is 24.2. The van der Waals surface area contributed by atoms with E-state index < -0.39 is 11.7 Å². The van der Waals surface area contributed by atoms with Crippen molar-refractivity contribution < 1.29 is 27.5 Å². The first-order valence-electron chi connectivity index (χ1n) is 10.2. The van der Waals surface area contributed by atoms with Crippen LogP contribution in [0.5, 0.6) is 5.75 Å². The van der Waals surface area contributed by atoms with E-state index in [2.05, 4.69) is 10.3 Å². The Bertz CT molecular complexity index is 1010. The highest BCUT2D eigenvalue weighted by Gasteiger charge is 2.33. The molecule has 0 aliphatic carbocycles. The summed E-state index contributed by atoms with van der Waals surface area (Å²) in [6, 6.07) is 7.75. The summed E-state index contributed by atoms with van der Waals surface area (Å²) in [6.07, 6.45) is -2.81. The van der Waals surface area contributed by atoms with E-state index in [9.17, 15) is 22.8 Å². The van der Waals surface area contributed by atoms with Crippen molar-refractivity contribution in [3.05, 3.63) is 47.1 Å². The number of rotatable bonds is 6. The van der Waals surface area contributed by atoms with Crippen molar-refractivity contribution in [1.82, 2.24) is 9.88 Å². The van der Waals surface area contributed by atoms with Crippen molar-refractivity contribution in [2.45, 2.75) is 19.0 Å². The number of likely N-dealkylation sites (N-methyl/N-ethyl adjacent to an activating group) is 1. The Morgan fingerprint density at radius 1 is 1.27 bits per heavy atom. The highest BCUT2D eigenvalue weighted by atomic mass is 35.5. The van der Waals surface area contributed by atoms with Gasteiger partial charge >= 0.3 is 6.18 Å². The summed E-state index contributed by atoms with van der Waals surface area (Å²) in [5, 5.41) is 2.65. The number of hydrogen-bond acceptors (Lipinski definition) is 5. The Morgan fingerprint density at radius 2 is 1.97 bits per heavy atom. The van der Waals surface area contributed by atoms with Gasteiger partial charge in [-0.15, -0.1) is 0 Å². The van der Waals surface area contributed by atoms with Crippen LogP contribution in [0.1, 0.15) is 18.4 Å². The molecule has 0 saturated carbocycles. The molecule has 7 nitrogen and oxygen atoms in total.